The van der Waals surface area contributed by atoms with Crippen LogP contribution in [-0.2, 0) is 16.1 Å². The Morgan fingerprint density at radius 3 is 2.61 bits per heavy atom. The van der Waals surface area contributed by atoms with Gasteiger partial charge in [0.2, 0.25) is 5.91 Å². The molecule has 2 N–H and O–H groups in total. The minimum Gasteiger partial charge on any atom is -0.481 e. The lowest BCUT2D eigenvalue weighted by Crippen LogP contribution is -2.25. The molecule has 0 aliphatic heterocycles. The zero-order valence-corrected chi connectivity index (χ0v) is 11.1. The molecule has 0 fully saturated rings. The van der Waals surface area contributed by atoms with Gasteiger partial charge in [0.25, 0.3) is 0 Å². The molecule has 18 heavy (non-hydrogen) atoms. The van der Waals surface area contributed by atoms with Crippen LogP contribution in [0.1, 0.15) is 12.5 Å². The van der Waals surface area contributed by atoms with Gasteiger partial charge in [0.05, 0.1) is 11.7 Å². The summed E-state index contributed by atoms with van der Waals surface area (Å²) >= 11 is 1.34. The molecule has 4 nitrogen and oxygen atoms in total. The topological polar surface area (TPSA) is 66.4 Å². The second-order valence-electron chi connectivity index (χ2n) is 4.02. The van der Waals surface area contributed by atoms with E-state index in [1.54, 1.807) is 6.92 Å². The molecule has 0 spiro atoms. The van der Waals surface area contributed by atoms with Crippen LogP contribution < -0.4 is 5.32 Å². The van der Waals surface area contributed by atoms with Crippen LogP contribution in [0.4, 0.5) is 0 Å². The second-order valence-corrected chi connectivity index (χ2v) is 5.05. The molecule has 1 amide bonds. The number of nitrogens with one attached hydrogen (secondary N) is 1. The minimum absolute atomic E-state index is 0.0681. The molecule has 0 radical (unpaired) electrons. The zero-order valence-electron chi connectivity index (χ0n) is 10.3. The first-order valence-corrected chi connectivity index (χ1v) is 6.86. The summed E-state index contributed by atoms with van der Waals surface area (Å²) in [6.07, 6.45) is 0. The van der Waals surface area contributed by atoms with Gasteiger partial charge in [-0.15, -0.1) is 0 Å². The fourth-order valence-corrected chi connectivity index (χ4v) is 2.15. The third kappa shape index (κ3) is 5.72. The molecule has 1 atom stereocenters. The number of carbonyl (C=O) groups is 2. The summed E-state index contributed by atoms with van der Waals surface area (Å²) < 4.78 is 0. The van der Waals surface area contributed by atoms with Crippen molar-refractivity contribution in [2.45, 2.75) is 13.5 Å². The van der Waals surface area contributed by atoms with Crippen LogP contribution in [0, 0.1) is 5.92 Å². The highest BCUT2D eigenvalue weighted by Gasteiger charge is 2.11. The van der Waals surface area contributed by atoms with Gasteiger partial charge in [-0.25, -0.2) is 0 Å². The number of aliphatic carboxylic acids is 1. The molecule has 0 aromatic heterocycles. The average Bonchev–Trinajstić information content (AvgIpc) is 2.37. The lowest BCUT2D eigenvalue weighted by molar-refractivity contribution is -0.140. The van der Waals surface area contributed by atoms with E-state index < -0.39 is 11.9 Å². The SMILES string of the molecule is CC(CSCC(=O)NCc1ccccc1)C(=O)O. The van der Waals surface area contributed by atoms with Crippen LogP contribution in [0.2, 0.25) is 0 Å². The zero-order chi connectivity index (χ0) is 13.4. The number of amides is 1. The maximum absolute atomic E-state index is 11.5. The van der Waals surface area contributed by atoms with Crippen LogP contribution in [0.25, 0.3) is 0 Å². The molecule has 0 saturated heterocycles. The molecule has 1 aromatic rings. The summed E-state index contributed by atoms with van der Waals surface area (Å²) in [5.74, 6) is -0.566. The van der Waals surface area contributed by atoms with E-state index in [0.29, 0.717) is 18.1 Å². The Bertz CT molecular complexity index is 394. The maximum atomic E-state index is 11.5. The number of benzene rings is 1. The Morgan fingerprint density at radius 1 is 1.33 bits per heavy atom. The van der Waals surface area contributed by atoms with Crippen LogP contribution >= 0.6 is 11.8 Å². The largest absolute Gasteiger partial charge is 0.481 e. The van der Waals surface area contributed by atoms with Gasteiger partial charge in [-0.2, -0.15) is 11.8 Å². The molecule has 0 heterocycles. The third-order valence-corrected chi connectivity index (χ3v) is 3.56. The van der Waals surface area contributed by atoms with Crippen molar-refractivity contribution >= 4 is 23.6 Å². The average molecular weight is 267 g/mol. The minimum atomic E-state index is -0.827. The smallest absolute Gasteiger partial charge is 0.307 e. The predicted octanol–water partition coefficient (Wildman–Crippen LogP) is 1.76. The molecule has 0 saturated carbocycles. The lowest BCUT2D eigenvalue weighted by Gasteiger charge is -2.07. The predicted molar refractivity (Wildman–Crippen MR) is 72.4 cm³/mol. The highest BCUT2D eigenvalue weighted by atomic mass is 32.2. The van der Waals surface area contributed by atoms with Crippen molar-refractivity contribution in [3.8, 4) is 0 Å². The molecule has 98 valence electrons. The Hall–Kier alpha value is -1.49. The van der Waals surface area contributed by atoms with Crippen LogP contribution in [0.15, 0.2) is 30.3 Å². The van der Waals surface area contributed by atoms with E-state index >= 15 is 0 Å². The van der Waals surface area contributed by atoms with Crippen LogP contribution in [0.5, 0.6) is 0 Å². The molecule has 1 aromatic carbocycles. The van der Waals surface area contributed by atoms with Crippen molar-refractivity contribution < 1.29 is 14.7 Å². The van der Waals surface area contributed by atoms with E-state index in [4.69, 9.17) is 5.11 Å². The first kappa shape index (κ1) is 14.6. The summed E-state index contributed by atoms with van der Waals surface area (Å²) in [5.41, 5.74) is 1.05. The lowest BCUT2D eigenvalue weighted by atomic mass is 10.2. The van der Waals surface area contributed by atoms with Gasteiger partial charge in [-0.05, 0) is 5.56 Å². The van der Waals surface area contributed by atoms with Gasteiger partial charge in [-0.3, -0.25) is 9.59 Å². The Kier molecular flexibility index (Phi) is 6.28. The number of rotatable bonds is 7. The highest BCUT2D eigenvalue weighted by Crippen LogP contribution is 2.08. The van der Waals surface area contributed by atoms with Crippen molar-refractivity contribution in [2.24, 2.45) is 5.92 Å². The summed E-state index contributed by atoms with van der Waals surface area (Å²) in [7, 11) is 0. The maximum Gasteiger partial charge on any atom is 0.307 e. The monoisotopic (exact) mass is 267 g/mol. The van der Waals surface area contributed by atoms with Gasteiger partial charge in [-0.1, -0.05) is 37.3 Å². The van der Waals surface area contributed by atoms with E-state index in [-0.39, 0.29) is 5.91 Å². The van der Waals surface area contributed by atoms with Gasteiger partial charge in [0, 0.05) is 12.3 Å². The van der Waals surface area contributed by atoms with Crippen molar-refractivity contribution in [2.75, 3.05) is 11.5 Å². The van der Waals surface area contributed by atoms with Crippen LogP contribution in [-0.4, -0.2) is 28.5 Å². The van der Waals surface area contributed by atoms with E-state index in [0.717, 1.165) is 5.56 Å². The number of hydrogen-bond acceptors (Lipinski definition) is 3. The molecule has 5 heteroatoms. The molecule has 1 unspecified atom stereocenters. The van der Waals surface area contributed by atoms with Crippen LogP contribution in [0.3, 0.4) is 0 Å². The molecule has 0 aliphatic rings. The summed E-state index contributed by atoms with van der Waals surface area (Å²) in [5, 5.41) is 11.5. The summed E-state index contributed by atoms with van der Waals surface area (Å²) in [4.78, 5) is 22.1. The number of carboxylic acid groups (broad SMARTS) is 1. The quantitative estimate of drug-likeness (QED) is 0.790. The van der Waals surface area contributed by atoms with E-state index in [2.05, 4.69) is 5.32 Å². The molecule has 0 bridgehead atoms. The highest BCUT2D eigenvalue weighted by molar-refractivity contribution is 7.99. The normalized spacial score (nSPS) is 11.8. The fourth-order valence-electron chi connectivity index (χ4n) is 1.25. The van der Waals surface area contributed by atoms with E-state index in [9.17, 15) is 9.59 Å². The standard InChI is InChI=1S/C13H17NO3S/c1-10(13(16)17)8-18-9-12(15)14-7-11-5-3-2-4-6-11/h2-6,10H,7-9H2,1H3,(H,14,15)(H,16,17). The second kappa shape index (κ2) is 7.76. The Morgan fingerprint density at radius 2 is 2.00 bits per heavy atom. The number of hydrogen-bond donors (Lipinski definition) is 2. The van der Waals surface area contributed by atoms with E-state index in [1.807, 2.05) is 30.3 Å². The molecular weight excluding hydrogens is 250 g/mol. The number of carboxylic acids is 1. The van der Waals surface area contributed by atoms with Gasteiger partial charge in [0.1, 0.15) is 0 Å². The van der Waals surface area contributed by atoms with E-state index in [1.165, 1.54) is 11.8 Å². The first-order valence-electron chi connectivity index (χ1n) is 5.70. The Balaban J connectivity index is 2.17. The summed E-state index contributed by atoms with van der Waals surface area (Å²) in [6, 6.07) is 9.66. The van der Waals surface area contributed by atoms with Gasteiger partial charge < -0.3 is 10.4 Å². The summed E-state index contributed by atoms with van der Waals surface area (Å²) in [6.45, 7) is 2.14. The number of carbonyl (C=O) groups excluding carboxylic acids is 1. The fraction of sp³-hybridized carbons (Fsp3) is 0.385. The molecular formula is C13H17NO3S. The van der Waals surface area contributed by atoms with Gasteiger partial charge >= 0.3 is 5.97 Å². The third-order valence-electron chi connectivity index (χ3n) is 2.36. The van der Waals surface area contributed by atoms with Crippen molar-refractivity contribution in [3.05, 3.63) is 35.9 Å². The molecule has 1 rings (SSSR count). The van der Waals surface area contributed by atoms with Crippen molar-refractivity contribution in [1.82, 2.24) is 5.32 Å². The number of thioether (sulfide) groups is 1. The van der Waals surface area contributed by atoms with Crippen molar-refractivity contribution in [1.29, 1.82) is 0 Å². The first-order chi connectivity index (χ1) is 8.59. The van der Waals surface area contributed by atoms with Crippen molar-refractivity contribution in [3.63, 3.8) is 0 Å². The molecule has 0 aliphatic carbocycles. The van der Waals surface area contributed by atoms with Gasteiger partial charge in [0.15, 0.2) is 0 Å². The Labute approximate surface area is 111 Å².